The lowest BCUT2D eigenvalue weighted by atomic mass is 9.77. The van der Waals surface area contributed by atoms with E-state index in [4.69, 9.17) is 9.47 Å². The maximum Gasteiger partial charge on any atom is 0.328 e. The predicted molar refractivity (Wildman–Crippen MR) is 76.4 cm³/mol. The number of benzene rings is 1. The van der Waals surface area contributed by atoms with Crippen LogP contribution < -0.4 is 0 Å². The van der Waals surface area contributed by atoms with Crippen molar-refractivity contribution in [1.29, 1.82) is 0 Å². The van der Waals surface area contributed by atoms with Crippen LogP contribution in [0.15, 0.2) is 24.3 Å². The van der Waals surface area contributed by atoms with Gasteiger partial charge in [0, 0.05) is 0 Å². The first-order valence-electron chi connectivity index (χ1n) is 6.94. The molecule has 0 radical (unpaired) electrons. The van der Waals surface area contributed by atoms with E-state index in [9.17, 15) is 9.59 Å². The highest BCUT2D eigenvalue weighted by atomic mass is 16.6. The molecule has 0 N–H and O–H groups in total. The monoisotopic (exact) mass is 278 g/mol. The first-order valence-corrected chi connectivity index (χ1v) is 6.94. The van der Waals surface area contributed by atoms with Gasteiger partial charge >= 0.3 is 11.9 Å². The van der Waals surface area contributed by atoms with Gasteiger partial charge in [0.05, 0.1) is 13.2 Å². The minimum atomic E-state index is -1.38. The molecule has 0 unspecified atom stereocenters. The summed E-state index contributed by atoms with van der Waals surface area (Å²) in [5, 5.41) is 0. The molecule has 0 aliphatic rings. The molecular weight excluding hydrogens is 256 g/mol. The fourth-order valence-corrected chi connectivity index (χ4v) is 2.23. The first-order chi connectivity index (χ1) is 9.52. The van der Waals surface area contributed by atoms with E-state index >= 15 is 0 Å². The molecule has 1 rings (SSSR count). The maximum absolute atomic E-state index is 12.4. The molecular formula is C16H22O4. The van der Waals surface area contributed by atoms with Crippen LogP contribution in [0.5, 0.6) is 0 Å². The second-order valence-corrected chi connectivity index (χ2v) is 4.57. The van der Waals surface area contributed by atoms with Crippen molar-refractivity contribution in [2.75, 3.05) is 13.2 Å². The number of carbonyl (C=O) groups is 2. The summed E-state index contributed by atoms with van der Waals surface area (Å²) >= 11 is 0. The first kappa shape index (κ1) is 16.2. The Balaban J connectivity index is 3.37. The molecule has 0 bridgehead atoms. The van der Waals surface area contributed by atoms with Gasteiger partial charge in [0.1, 0.15) is 0 Å². The number of rotatable bonds is 6. The quantitative estimate of drug-likeness (QED) is 0.593. The molecule has 20 heavy (non-hydrogen) atoms. The van der Waals surface area contributed by atoms with Gasteiger partial charge in [-0.05, 0) is 32.8 Å². The van der Waals surface area contributed by atoms with E-state index < -0.39 is 17.4 Å². The van der Waals surface area contributed by atoms with E-state index in [0.29, 0.717) is 12.0 Å². The molecule has 0 saturated carbocycles. The molecule has 0 aliphatic carbocycles. The topological polar surface area (TPSA) is 52.6 Å². The Morgan fingerprint density at radius 2 is 1.60 bits per heavy atom. The summed E-state index contributed by atoms with van der Waals surface area (Å²) < 4.78 is 10.2. The highest BCUT2D eigenvalue weighted by Crippen LogP contribution is 2.32. The number of hydrogen-bond donors (Lipinski definition) is 0. The van der Waals surface area contributed by atoms with Crippen LogP contribution in [0.1, 0.15) is 38.3 Å². The summed E-state index contributed by atoms with van der Waals surface area (Å²) in [6, 6.07) is 7.34. The van der Waals surface area contributed by atoms with E-state index in [1.165, 1.54) is 0 Å². The molecule has 4 nitrogen and oxygen atoms in total. The molecule has 0 aliphatic heterocycles. The van der Waals surface area contributed by atoms with Crippen LogP contribution in [-0.2, 0) is 24.5 Å². The average molecular weight is 278 g/mol. The highest BCUT2D eigenvalue weighted by molar-refractivity contribution is 6.06. The fraction of sp³-hybridized carbons (Fsp3) is 0.500. The Bertz CT molecular complexity index is 461. The summed E-state index contributed by atoms with van der Waals surface area (Å²) in [6.45, 7) is 7.60. The van der Waals surface area contributed by atoms with Gasteiger partial charge in [-0.25, -0.2) is 0 Å². The number of aryl methyl sites for hydroxylation is 1. The zero-order valence-electron chi connectivity index (χ0n) is 12.6. The third kappa shape index (κ3) is 3.00. The second-order valence-electron chi connectivity index (χ2n) is 4.57. The molecule has 4 heteroatoms. The number of ether oxygens (including phenoxy) is 2. The summed E-state index contributed by atoms with van der Waals surface area (Å²) in [5.74, 6) is -1.10. The van der Waals surface area contributed by atoms with Crippen LogP contribution >= 0.6 is 0 Å². The molecule has 0 heterocycles. The van der Waals surface area contributed by atoms with Gasteiger partial charge in [0.2, 0.25) is 0 Å². The van der Waals surface area contributed by atoms with E-state index in [2.05, 4.69) is 0 Å². The Morgan fingerprint density at radius 3 is 2.00 bits per heavy atom. The largest absolute Gasteiger partial charge is 0.465 e. The zero-order chi connectivity index (χ0) is 15.2. The van der Waals surface area contributed by atoms with Crippen LogP contribution in [0.3, 0.4) is 0 Å². The van der Waals surface area contributed by atoms with Crippen LogP contribution in [0, 0.1) is 6.92 Å². The maximum atomic E-state index is 12.4. The van der Waals surface area contributed by atoms with Crippen molar-refractivity contribution in [2.24, 2.45) is 0 Å². The lowest BCUT2D eigenvalue weighted by Gasteiger charge is -2.28. The van der Waals surface area contributed by atoms with Gasteiger partial charge in [0.25, 0.3) is 0 Å². The Hall–Kier alpha value is -1.84. The van der Waals surface area contributed by atoms with Gasteiger partial charge in [-0.1, -0.05) is 36.8 Å². The van der Waals surface area contributed by atoms with E-state index in [-0.39, 0.29) is 13.2 Å². The normalized spacial score (nSPS) is 11.0. The van der Waals surface area contributed by atoms with Crippen molar-refractivity contribution >= 4 is 11.9 Å². The van der Waals surface area contributed by atoms with E-state index in [1.54, 1.807) is 26.8 Å². The van der Waals surface area contributed by atoms with Gasteiger partial charge < -0.3 is 9.47 Å². The molecule has 1 aromatic rings. The third-order valence-electron chi connectivity index (χ3n) is 3.29. The van der Waals surface area contributed by atoms with Crippen molar-refractivity contribution in [3.8, 4) is 0 Å². The summed E-state index contributed by atoms with van der Waals surface area (Å²) in [5.41, 5.74) is 0.226. The number of carbonyl (C=O) groups excluding carboxylic acids is 2. The molecule has 0 spiro atoms. The molecule has 0 fully saturated rings. The Morgan fingerprint density at radius 1 is 1.05 bits per heavy atom. The predicted octanol–water partition coefficient (Wildman–Crippen LogP) is 2.77. The van der Waals surface area contributed by atoms with Crippen molar-refractivity contribution in [3.63, 3.8) is 0 Å². The van der Waals surface area contributed by atoms with Gasteiger partial charge in [-0.2, -0.15) is 0 Å². The zero-order valence-corrected chi connectivity index (χ0v) is 12.6. The standard InChI is InChI=1S/C16H22O4/c1-5-16(14(17)19-6-2,15(18)20-7-3)13-10-8-9-12(4)11-13/h8-11H,5-7H2,1-4H3. The number of esters is 2. The summed E-state index contributed by atoms with van der Waals surface area (Å²) in [4.78, 5) is 24.8. The lowest BCUT2D eigenvalue weighted by molar-refractivity contribution is -0.165. The molecule has 0 aromatic heterocycles. The minimum Gasteiger partial charge on any atom is -0.465 e. The average Bonchev–Trinajstić information content (AvgIpc) is 2.41. The van der Waals surface area contributed by atoms with Gasteiger partial charge in [0.15, 0.2) is 5.41 Å². The molecule has 1 aromatic carbocycles. The van der Waals surface area contributed by atoms with Crippen LogP contribution in [-0.4, -0.2) is 25.2 Å². The molecule has 0 amide bonds. The van der Waals surface area contributed by atoms with Crippen LogP contribution in [0.4, 0.5) is 0 Å². The van der Waals surface area contributed by atoms with Crippen molar-refractivity contribution in [3.05, 3.63) is 35.4 Å². The third-order valence-corrected chi connectivity index (χ3v) is 3.29. The summed E-state index contributed by atoms with van der Waals surface area (Å²) in [6.07, 6.45) is 0.300. The SMILES string of the molecule is CCOC(=O)C(CC)(C(=O)OCC)c1cccc(C)c1. The smallest absolute Gasteiger partial charge is 0.328 e. The minimum absolute atomic E-state index is 0.228. The molecule has 110 valence electrons. The van der Waals surface area contributed by atoms with E-state index in [1.807, 2.05) is 25.1 Å². The summed E-state index contributed by atoms with van der Waals surface area (Å²) in [7, 11) is 0. The Labute approximate surface area is 120 Å². The van der Waals surface area contributed by atoms with Crippen molar-refractivity contribution in [1.82, 2.24) is 0 Å². The second kappa shape index (κ2) is 7.08. The number of hydrogen-bond acceptors (Lipinski definition) is 4. The van der Waals surface area contributed by atoms with Crippen molar-refractivity contribution in [2.45, 2.75) is 39.5 Å². The van der Waals surface area contributed by atoms with Crippen LogP contribution in [0.2, 0.25) is 0 Å². The molecule has 0 atom stereocenters. The van der Waals surface area contributed by atoms with E-state index in [0.717, 1.165) is 5.56 Å². The Kier molecular flexibility index (Phi) is 5.74. The van der Waals surface area contributed by atoms with Gasteiger partial charge in [-0.3, -0.25) is 9.59 Å². The lowest BCUT2D eigenvalue weighted by Crippen LogP contribution is -2.45. The van der Waals surface area contributed by atoms with Crippen molar-refractivity contribution < 1.29 is 19.1 Å². The highest BCUT2D eigenvalue weighted by Gasteiger charge is 2.49. The molecule has 0 saturated heterocycles. The fourth-order valence-electron chi connectivity index (χ4n) is 2.23. The van der Waals surface area contributed by atoms with Crippen LogP contribution in [0.25, 0.3) is 0 Å². The van der Waals surface area contributed by atoms with Gasteiger partial charge in [-0.15, -0.1) is 0 Å².